The van der Waals surface area contributed by atoms with Crippen LogP contribution < -0.4 is 5.32 Å². The summed E-state index contributed by atoms with van der Waals surface area (Å²) in [6, 6.07) is 2.29. The van der Waals surface area contributed by atoms with Crippen molar-refractivity contribution in [3.05, 3.63) is 30.1 Å². The summed E-state index contributed by atoms with van der Waals surface area (Å²) in [5.74, 6) is 1.00. The topological polar surface area (TPSA) is 71.7 Å². The molecular formula is C18H26N4O2. The second-order valence-corrected chi connectivity index (χ2v) is 6.61. The van der Waals surface area contributed by atoms with Crippen molar-refractivity contribution in [2.45, 2.75) is 50.7 Å². The van der Waals surface area contributed by atoms with E-state index in [2.05, 4.69) is 28.0 Å². The molecule has 1 fully saturated rings. The molecule has 6 heteroatoms. The number of anilines is 1. The van der Waals surface area contributed by atoms with Crippen molar-refractivity contribution in [3.8, 4) is 0 Å². The highest BCUT2D eigenvalue weighted by atomic mass is 16.5. The fraction of sp³-hybridized carbons (Fsp3) is 0.556. The number of nitrogens with zero attached hydrogens (tertiary/aromatic N) is 3. The van der Waals surface area contributed by atoms with E-state index in [1.165, 1.54) is 5.69 Å². The average Bonchev–Trinajstić information content (AvgIpc) is 2.94. The molecule has 0 spiro atoms. The van der Waals surface area contributed by atoms with Gasteiger partial charge in [0, 0.05) is 30.3 Å². The minimum Gasteiger partial charge on any atom is -0.393 e. The number of aliphatic hydroxyl groups is 1. The zero-order chi connectivity index (χ0) is 17.1. The number of methoxy groups -OCH3 is 1. The van der Waals surface area contributed by atoms with Crippen molar-refractivity contribution in [3.63, 3.8) is 0 Å². The Morgan fingerprint density at radius 3 is 2.88 bits per heavy atom. The number of fused-ring (bicyclic) bond motifs is 1. The summed E-state index contributed by atoms with van der Waals surface area (Å²) in [6.45, 7) is 6.53. The molecule has 1 aliphatic carbocycles. The van der Waals surface area contributed by atoms with Crippen LogP contribution in [0.5, 0.6) is 0 Å². The van der Waals surface area contributed by atoms with Gasteiger partial charge in [0.1, 0.15) is 0 Å². The normalized spacial score (nSPS) is 22.5. The standard InChI is InChI=1S/C18H26N4O2/c1-4-13-9-16(14-5-7-15(23)8-6-14)22-17(13)10-19-18(21-22)20-12(2)11-24-3/h4,9-10,12,14-15,23H,1,5-8,11H2,2-3H3,(H,20,21)/t12-,14?,15?/m0/s1. The highest BCUT2D eigenvalue weighted by Crippen LogP contribution is 2.35. The van der Waals surface area contributed by atoms with E-state index in [0.717, 1.165) is 36.8 Å². The third-order valence-electron chi connectivity index (χ3n) is 4.70. The first-order valence-electron chi connectivity index (χ1n) is 8.57. The summed E-state index contributed by atoms with van der Waals surface area (Å²) in [4.78, 5) is 4.42. The Hall–Kier alpha value is -1.92. The predicted molar refractivity (Wildman–Crippen MR) is 95.3 cm³/mol. The molecule has 2 N–H and O–H groups in total. The fourth-order valence-electron chi connectivity index (χ4n) is 3.44. The second-order valence-electron chi connectivity index (χ2n) is 6.61. The Balaban J connectivity index is 1.94. The molecule has 0 bridgehead atoms. The molecule has 0 unspecified atom stereocenters. The highest BCUT2D eigenvalue weighted by molar-refractivity contribution is 5.69. The third-order valence-corrected chi connectivity index (χ3v) is 4.70. The lowest BCUT2D eigenvalue weighted by Gasteiger charge is -2.25. The summed E-state index contributed by atoms with van der Waals surface area (Å²) in [7, 11) is 1.68. The number of rotatable bonds is 6. The molecule has 0 radical (unpaired) electrons. The van der Waals surface area contributed by atoms with E-state index in [1.54, 1.807) is 7.11 Å². The van der Waals surface area contributed by atoms with Gasteiger partial charge in [-0.2, -0.15) is 0 Å². The maximum atomic E-state index is 9.76. The molecule has 3 rings (SSSR count). The molecule has 0 aromatic carbocycles. The number of ether oxygens (including phenoxy) is 1. The lowest BCUT2D eigenvalue weighted by atomic mass is 9.85. The van der Waals surface area contributed by atoms with Crippen LogP contribution in [0.4, 0.5) is 5.95 Å². The van der Waals surface area contributed by atoms with Crippen molar-refractivity contribution in [1.82, 2.24) is 14.6 Å². The number of aliphatic hydroxyl groups excluding tert-OH is 1. The molecule has 0 amide bonds. The summed E-state index contributed by atoms with van der Waals surface area (Å²) >= 11 is 0. The van der Waals surface area contributed by atoms with Gasteiger partial charge in [0.05, 0.1) is 24.4 Å². The summed E-state index contributed by atoms with van der Waals surface area (Å²) in [5, 5.41) is 17.7. The van der Waals surface area contributed by atoms with E-state index >= 15 is 0 Å². The summed E-state index contributed by atoms with van der Waals surface area (Å²) in [5.41, 5.74) is 3.19. The second kappa shape index (κ2) is 7.32. The zero-order valence-corrected chi connectivity index (χ0v) is 14.4. The summed E-state index contributed by atoms with van der Waals surface area (Å²) in [6.07, 6.45) is 7.19. The number of hydrogen-bond acceptors (Lipinski definition) is 5. The van der Waals surface area contributed by atoms with Crippen LogP contribution in [-0.4, -0.2) is 45.6 Å². The molecule has 1 saturated carbocycles. The van der Waals surface area contributed by atoms with Gasteiger partial charge in [-0.1, -0.05) is 12.7 Å². The van der Waals surface area contributed by atoms with E-state index < -0.39 is 0 Å². The minimum atomic E-state index is -0.159. The Morgan fingerprint density at radius 2 is 2.21 bits per heavy atom. The van der Waals surface area contributed by atoms with Crippen molar-refractivity contribution >= 4 is 17.5 Å². The van der Waals surface area contributed by atoms with Crippen LogP contribution in [0.1, 0.15) is 49.8 Å². The van der Waals surface area contributed by atoms with Gasteiger partial charge in [-0.3, -0.25) is 0 Å². The fourth-order valence-corrected chi connectivity index (χ4v) is 3.44. The SMILES string of the molecule is C=Cc1cc(C2CCC(O)CC2)n2nc(N[C@@H](C)COC)ncc12. The number of aromatic nitrogens is 3. The summed E-state index contributed by atoms with van der Waals surface area (Å²) < 4.78 is 7.13. The van der Waals surface area contributed by atoms with E-state index in [0.29, 0.717) is 18.5 Å². The molecule has 24 heavy (non-hydrogen) atoms. The van der Waals surface area contributed by atoms with Gasteiger partial charge in [-0.15, -0.1) is 5.10 Å². The Kier molecular flexibility index (Phi) is 5.16. The maximum Gasteiger partial charge on any atom is 0.241 e. The highest BCUT2D eigenvalue weighted by Gasteiger charge is 2.24. The molecule has 2 aromatic heterocycles. The van der Waals surface area contributed by atoms with Gasteiger partial charge in [0.2, 0.25) is 5.95 Å². The van der Waals surface area contributed by atoms with E-state index in [9.17, 15) is 5.11 Å². The first-order chi connectivity index (χ1) is 11.6. The molecular weight excluding hydrogens is 304 g/mol. The third kappa shape index (κ3) is 3.44. The Morgan fingerprint density at radius 1 is 1.46 bits per heavy atom. The number of nitrogens with one attached hydrogen (secondary N) is 1. The van der Waals surface area contributed by atoms with Crippen molar-refractivity contribution in [1.29, 1.82) is 0 Å². The van der Waals surface area contributed by atoms with Gasteiger partial charge in [0.25, 0.3) is 0 Å². The molecule has 0 aliphatic heterocycles. The van der Waals surface area contributed by atoms with Crippen molar-refractivity contribution < 1.29 is 9.84 Å². The molecule has 2 aromatic rings. The van der Waals surface area contributed by atoms with Gasteiger partial charge in [-0.25, -0.2) is 9.50 Å². The number of hydrogen-bond donors (Lipinski definition) is 2. The zero-order valence-electron chi connectivity index (χ0n) is 14.4. The molecule has 1 aliphatic rings. The lowest BCUT2D eigenvalue weighted by Crippen LogP contribution is -2.23. The average molecular weight is 330 g/mol. The predicted octanol–water partition coefficient (Wildman–Crippen LogP) is 2.84. The van der Waals surface area contributed by atoms with Crippen LogP contribution in [0.2, 0.25) is 0 Å². The molecule has 6 nitrogen and oxygen atoms in total. The van der Waals surface area contributed by atoms with E-state index in [1.807, 2.05) is 23.7 Å². The van der Waals surface area contributed by atoms with Crippen LogP contribution in [0, 0.1) is 0 Å². The van der Waals surface area contributed by atoms with Crippen molar-refractivity contribution in [2.75, 3.05) is 19.0 Å². The molecule has 1 atom stereocenters. The van der Waals surface area contributed by atoms with Gasteiger partial charge >= 0.3 is 0 Å². The van der Waals surface area contributed by atoms with E-state index in [4.69, 9.17) is 4.74 Å². The van der Waals surface area contributed by atoms with Gasteiger partial charge < -0.3 is 15.2 Å². The van der Waals surface area contributed by atoms with Crippen LogP contribution in [-0.2, 0) is 4.74 Å². The largest absolute Gasteiger partial charge is 0.393 e. The Labute approximate surface area is 142 Å². The first kappa shape index (κ1) is 16.9. The monoisotopic (exact) mass is 330 g/mol. The van der Waals surface area contributed by atoms with E-state index in [-0.39, 0.29) is 12.1 Å². The minimum absolute atomic E-state index is 0.134. The quantitative estimate of drug-likeness (QED) is 0.852. The van der Waals surface area contributed by atoms with Gasteiger partial charge in [-0.05, 0) is 38.7 Å². The Bertz CT molecular complexity index is 704. The van der Waals surface area contributed by atoms with Crippen LogP contribution in [0.3, 0.4) is 0 Å². The van der Waals surface area contributed by atoms with Gasteiger partial charge in [0.15, 0.2) is 0 Å². The van der Waals surface area contributed by atoms with Crippen LogP contribution in [0.15, 0.2) is 18.8 Å². The first-order valence-corrected chi connectivity index (χ1v) is 8.57. The van der Waals surface area contributed by atoms with Crippen molar-refractivity contribution in [2.24, 2.45) is 0 Å². The lowest BCUT2D eigenvalue weighted by molar-refractivity contribution is 0.121. The van der Waals surface area contributed by atoms with Crippen LogP contribution in [0.25, 0.3) is 11.6 Å². The smallest absolute Gasteiger partial charge is 0.241 e. The molecule has 0 saturated heterocycles. The molecule has 130 valence electrons. The van der Waals surface area contributed by atoms with Crippen LogP contribution >= 0.6 is 0 Å². The molecule has 2 heterocycles. The maximum absolute atomic E-state index is 9.76.